The number of fused-ring (bicyclic) bond motifs is 1. The summed E-state index contributed by atoms with van der Waals surface area (Å²) >= 11 is 0.944. The molecule has 5 rings (SSSR count). The molecule has 4 aromatic rings. The van der Waals surface area contributed by atoms with Crippen molar-refractivity contribution in [3.8, 4) is 0 Å². The molecule has 3 aromatic carbocycles. The third-order valence-electron chi connectivity index (χ3n) is 6.49. The summed E-state index contributed by atoms with van der Waals surface area (Å²) in [5.74, 6) is -1.26. The number of nitrogens with zero attached hydrogens (tertiary/aromatic N) is 3. The summed E-state index contributed by atoms with van der Waals surface area (Å²) in [6.07, 6.45) is -2.78. The van der Waals surface area contributed by atoms with E-state index < -0.39 is 41.3 Å². The van der Waals surface area contributed by atoms with Crippen LogP contribution < -0.4 is 0 Å². The van der Waals surface area contributed by atoms with Gasteiger partial charge in [0.2, 0.25) is 0 Å². The number of rotatable bonds is 7. The molecule has 1 aliphatic heterocycles. The van der Waals surface area contributed by atoms with Crippen LogP contribution in [-0.4, -0.2) is 36.9 Å². The molecular weight excluding hydrogens is 531 g/mol. The molecule has 1 aliphatic rings. The van der Waals surface area contributed by atoms with Gasteiger partial charge in [0.05, 0.1) is 29.5 Å². The second kappa shape index (κ2) is 10.5. The topological polar surface area (TPSA) is 84.7 Å². The first kappa shape index (κ1) is 26.4. The Labute approximate surface area is 225 Å². The first-order chi connectivity index (χ1) is 18.7. The molecule has 0 aliphatic carbocycles. The van der Waals surface area contributed by atoms with Crippen LogP contribution in [0.3, 0.4) is 0 Å². The van der Waals surface area contributed by atoms with Gasteiger partial charge in [0.25, 0.3) is 0 Å². The number of aromatic nitrogens is 2. The Hall–Kier alpha value is -4.25. The molecule has 11 heteroatoms. The van der Waals surface area contributed by atoms with Gasteiger partial charge in [-0.25, -0.2) is 9.78 Å². The molecule has 0 bridgehead atoms. The second-order valence-electron chi connectivity index (χ2n) is 8.82. The lowest BCUT2D eigenvalue weighted by molar-refractivity contribution is -0.141. The number of hydrogen-bond acceptors (Lipinski definition) is 5. The molecule has 1 N–H and O–H groups in total. The highest BCUT2D eigenvalue weighted by Crippen LogP contribution is 2.45. The standard InChI is InChI=1S/C28H22F3N3O4S/c29-28(30,31)21-11-5-4-10-20(21)16-33(26(37)38-17-19-8-2-1-3-9-19)27(14-15-39-24(27)25(35)36)34-18-32-22-12-6-7-13-23(22)34/h1-15,18,24H,16-17H2,(H,35,36). The van der Waals surface area contributed by atoms with E-state index in [4.69, 9.17) is 4.74 Å². The van der Waals surface area contributed by atoms with Crippen LogP contribution in [-0.2, 0) is 34.5 Å². The van der Waals surface area contributed by atoms with Gasteiger partial charge in [0, 0.05) is 0 Å². The van der Waals surface area contributed by atoms with Gasteiger partial charge in [-0.1, -0.05) is 60.7 Å². The zero-order valence-corrected chi connectivity index (χ0v) is 21.1. The Morgan fingerprint density at radius 3 is 2.46 bits per heavy atom. The van der Waals surface area contributed by atoms with E-state index in [0.29, 0.717) is 16.6 Å². The molecule has 0 spiro atoms. The molecular formula is C28H22F3N3O4S. The molecule has 1 aromatic heterocycles. The van der Waals surface area contributed by atoms with Gasteiger partial charge in [0.15, 0.2) is 10.9 Å². The van der Waals surface area contributed by atoms with E-state index in [1.165, 1.54) is 40.6 Å². The number of alkyl halides is 3. The molecule has 0 saturated heterocycles. The van der Waals surface area contributed by atoms with Crippen molar-refractivity contribution in [2.24, 2.45) is 0 Å². The van der Waals surface area contributed by atoms with Crippen LogP contribution in [0.15, 0.2) is 96.7 Å². The maximum Gasteiger partial charge on any atom is 0.416 e. The van der Waals surface area contributed by atoms with Crippen molar-refractivity contribution >= 4 is 34.9 Å². The molecule has 39 heavy (non-hydrogen) atoms. The molecule has 7 nitrogen and oxygen atoms in total. The first-order valence-corrected chi connectivity index (χ1v) is 12.8. The van der Waals surface area contributed by atoms with Crippen LogP contribution in [0, 0.1) is 0 Å². The van der Waals surface area contributed by atoms with Gasteiger partial charge in [-0.2, -0.15) is 13.2 Å². The van der Waals surface area contributed by atoms with Crippen LogP contribution >= 0.6 is 11.8 Å². The van der Waals surface area contributed by atoms with E-state index in [1.807, 2.05) is 0 Å². The van der Waals surface area contributed by atoms with E-state index in [9.17, 15) is 27.9 Å². The molecule has 0 fully saturated rings. The van der Waals surface area contributed by atoms with Gasteiger partial charge in [-0.15, -0.1) is 11.8 Å². The van der Waals surface area contributed by atoms with Crippen molar-refractivity contribution in [1.82, 2.24) is 14.5 Å². The second-order valence-corrected chi connectivity index (χ2v) is 9.84. The van der Waals surface area contributed by atoms with E-state index in [1.54, 1.807) is 54.6 Å². The highest BCUT2D eigenvalue weighted by atomic mass is 32.2. The zero-order chi connectivity index (χ0) is 27.6. The fourth-order valence-corrected chi connectivity index (χ4v) is 5.77. The van der Waals surface area contributed by atoms with Gasteiger partial charge in [-0.3, -0.25) is 9.69 Å². The van der Waals surface area contributed by atoms with Gasteiger partial charge >= 0.3 is 18.2 Å². The highest BCUT2D eigenvalue weighted by molar-refractivity contribution is 8.03. The predicted molar refractivity (Wildman–Crippen MR) is 139 cm³/mol. The molecule has 0 radical (unpaired) electrons. The number of hydrogen-bond donors (Lipinski definition) is 1. The number of carbonyl (C=O) groups is 2. The van der Waals surface area contributed by atoms with Crippen molar-refractivity contribution in [3.63, 3.8) is 0 Å². The lowest BCUT2D eigenvalue weighted by Gasteiger charge is -2.43. The van der Waals surface area contributed by atoms with Crippen molar-refractivity contribution in [2.75, 3.05) is 0 Å². The van der Waals surface area contributed by atoms with E-state index in [-0.39, 0.29) is 12.2 Å². The number of halogens is 3. The average molecular weight is 554 g/mol. The third-order valence-corrected chi connectivity index (χ3v) is 7.60. The largest absolute Gasteiger partial charge is 0.480 e. The number of benzene rings is 3. The fraction of sp³-hybridized carbons (Fsp3) is 0.179. The number of carboxylic acids is 1. The Morgan fingerprint density at radius 2 is 1.72 bits per heavy atom. The van der Waals surface area contributed by atoms with Crippen LogP contribution in [0.5, 0.6) is 0 Å². The zero-order valence-electron chi connectivity index (χ0n) is 20.3. The van der Waals surface area contributed by atoms with Gasteiger partial charge in [0.1, 0.15) is 6.61 Å². The number of ether oxygens (including phenoxy) is 1. The summed E-state index contributed by atoms with van der Waals surface area (Å²) < 4.78 is 49.0. The summed E-state index contributed by atoms with van der Waals surface area (Å²) in [5, 5.41) is 10.5. The van der Waals surface area contributed by atoms with Crippen molar-refractivity contribution in [3.05, 3.63) is 113 Å². The SMILES string of the molecule is O=C(O)C1SC=CC1(N(Cc1ccccc1C(F)(F)F)C(=O)OCc1ccccc1)n1cnc2ccccc21. The molecule has 2 atom stereocenters. The summed E-state index contributed by atoms with van der Waals surface area (Å²) in [4.78, 5) is 31.8. The molecule has 200 valence electrons. The Morgan fingerprint density at radius 1 is 1.03 bits per heavy atom. The quantitative estimate of drug-likeness (QED) is 0.291. The average Bonchev–Trinajstić information content (AvgIpc) is 3.56. The third kappa shape index (κ3) is 4.97. The molecule has 2 heterocycles. The minimum atomic E-state index is -4.70. The normalized spacial score (nSPS) is 18.8. The molecule has 0 saturated carbocycles. The van der Waals surface area contributed by atoms with E-state index in [2.05, 4.69) is 4.98 Å². The lowest BCUT2D eigenvalue weighted by atomic mass is 9.99. The van der Waals surface area contributed by atoms with Crippen molar-refractivity contribution < 1.29 is 32.6 Å². The summed E-state index contributed by atoms with van der Waals surface area (Å²) in [5.41, 5.74) is -1.23. The number of imidazole rings is 1. The first-order valence-electron chi connectivity index (χ1n) is 11.8. The summed E-state index contributed by atoms with van der Waals surface area (Å²) in [6.45, 7) is -0.739. The fourth-order valence-electron chi connectivity index (χ4n) is 4.70. The van der Waals surface area contributed by atoms with Crippen LogP contribution in [0.2, 0.25) is 0 Å². The van der Waals surface area contributed by atoms with Crippen molar-refractivity contribution in [1.29, 1.82) is 0 Å². The predicted octanol–water partition coefficient (Wildman–Crippen LogP) is 6.26. The van der Waals surface area contributed by atoms with Gasteiger partial charge < -0.3 is 14.4 Å². The Bertz CT molecular complexity index is 1540. The number of aliphatic carboxylic acids is 1. The number of amides is 1. The minimum absolute atomic E-state index is 0.160. The molecule has 1 amide bonds. The Balaban J connectivity index is 1.67. The number of carboxylic acid groups (broad SMARTS) is 1. The van der Waals surface area contributed by atoms with E-state index in [0.717, 1.165) is 22.7 Å². The summed E-state index contributed by atoms with van der Waals surface area (Å²) in [6, 6.07) is 20.6. The van der Waals surface area contributed by atoms with Crippen molar-refractivity contribution in [2.45, 2.75) is 30.2 Å². The van der Waals surface area contributed by atoms with Crippen LogP contribution in [0.25, 0.3) is 11.0 Å². The number of carbonyl (C=O) groups excluding carboxylic acids is 1. The molecule has 2 unspecified atom stereocenters. The van der Waals surface area contributed by atoms with Crippen LogP contribution in [0.1, 0.15) is 16.7 Å². The monoisotopic (exact) mass is 553 g/mol. The Kier molecular flexibility index (Phi) is 7.09. The highest BCUT2D eigenvalue weighted by Gasteiger charge is 2.54. The van der Waals surface area contributed by atoms with Gasteiger partial charge in [-0.05, 0) is 40.8 Å². The summed E-state index contributed by atoms with van der Waals surface area (Å²) in [7, 11) is 0. The minimum Gasteiger partial charge on any atom is -0.480 e. The number of thioether (sulfide) groups is 1. The van der Waals surface area contributed by atoms with E-state index >= 15 is 0 Å². The maximum absolute atomic E-state index is 14.0. The lowest BCUT2D eigenvalue weighted by Crippen LogP contribution is -2.58. The number of para-hydroxylation sites is 2. The smallest absolute Gasteiger partial charge is 0.416 e. The van der Waals surface area contributed by atoms with Crippen LogP contribution in [0.4, 0.5) is 18.0 Å². The maximum atomic E-state index is 14.0.